The Hall–Kier alpha value is -1.42. The van der Waals surface area contributed by atoms with Gasteiger partial charge < -0.3 is 4.74 Å². The highest BCUT2D eigenvalue weighted by molar-refractivity contribution is 7.13. The van der Waals surface area contributed by atoms with Crippen molar-refractivity contribution in [1.29, 1.82) is 0 Å². The van der Waals surface area contributed by atoms with Crippen molar-refractivity contribution >= 4 is 11.3 Å². The molecular formula is C11H8F2OS. The second-order valence-electron chi connectivity index (χ2n) is 2.95. The van der Waals surface area contributed by atoms with Crippen LogP contribution in [0.3, 0.4) is 0 Å². The lowest BCUT2D eigenvalue weighted by atomic mass is 10.1. The largest absolute Gasteiger partial charge is 0.491 e. The van der Waals surface area contributed by atoms with Crippen molar-refractivity contribution in [2.24, 2.45) is 0 Å². The fourth-order valence-electron chi connectivity index (χ4n) is 1.34. The van der Waals surface area contributed by atoms with E-state index in [1.54, 1.807) is 0 Å². The molecule has 78 valence electrons. The van der Waals surface area contributed by atoms with Gasteiger partial charge in [-0.3, -0.25) is 0 Å². The van der Waals surface area contributed by atoms with Gasteiger partial charge in [-0.25, -0.2) is 8.78 Å². The first-order valence-corrected chi connectivity index (χ1v) is 5.17. The minimum Gasteiger partial charge on any atom is -0.491 e. The lowest BCUT2D eigenvalue weighted by molar-refractivity contribution is 0.360. The maximum absolute atomic E-state index is 13.3. The number of hydrogen-bond donors (Lipinski definition) is 0. The molecule has 4 heteroatoms. The molecule has 0 spiro atoms. The Kier molecular flexibility index (Phi) is 2.68. The van der Waals surface area contributed by atoms with Crippen LogP contribution in [-0.2, 0) is 0 Å². The molecule has 0 aliphatic carbocycles. The summed E-state index contributed by atoms with van der Waals surface area (Å²) in [6.45, 7) is 0. The van der Waals surface area contributed by atoms with Crippen LogP contribution in [0.4, 0.5) is 8.78 Å². The van der Waals surface area contributed by atoms with Crippen LogP contribution >= 0.6 is 11.3 Å². The van der Waals surface area contributed by atoms with Crippen LogP contribution in [0.1, 0.15) is 0 Å². The molecule has 15 heavy (non-hydrogen) atoms. The van der Waals surface area contributed by atoms with Crippen molar-refractivity contribution < 1.29 is 13.5 Å². The van der Waals surface area contributed by atoms with Gasteiger partial charge in [0, 0.05) is 4.88 Å². The summed E-state index contributed by atoms with van der Waals surface area (Å²) in [5.41, 5.74) is 0.529. The van der Waals surface area contributed by atoms with Gasteiger partial charge in [-0.15, -0.1) is 11.3 Å². The molecule has 0 radical (unpaired) electrons. The maximum Gasteiger partial charge on any atom is 0.190 e. The Balaban J connectivity index is 2.53. The van der Waals surface area contributed by atoms with Crippen molar-refractivity contribution in [3.8, 4) is 16.2 Å². The van der Waals surface area contributed by atoms with Crippen LogP contribution in [0.25, 0.3) is 10.4 Å². The zero-order valence-electron chi connectivity index (χ0n) is 7.96. The Morgan fingerprint density at radius 3 is 2.33 bits per heavy atom. The van der Waals surface area contributed by atoms with E-state index in [2.05, 4.69) is 4.74 Å². The summed E-state index contributed by atoms with van der Waals surface area (Å²) in [4.78, 5) is 0.829. The summed E-state index contributed by atoms with van der Waals surface area (Å²) < 4.78 is 31.3. The van der Waals surface area contributed by atoms with Crippen LogP contribution in [0.5, 0.6) is 5.75 Å². The van der Waals surface area contributed by atoms with Gasteiger partial charge in [0.25, 0.3) is 0 Å². The van der Waals surface area contributed by atoms with E-state index in [1.807, 2.05) is 17.5 Å². The highest BCUT2D eigenvalue weighted by atomic mass is 32.1. The molecular weight excluding hydrogens is 218 g/mol. The smallest absolute Gasteiger partial charge is 0.190 e. The normalized spacial score (nSPS) is 10.3. The summed E-state index contributed by atoms with van der Waals surface area (Å²) in [7, 11) is 1.24. The molecule has 0 aliphatic heterocycles. The van der Waals surface area contributed by atoms with E-state index in [9.17, 15) is 8.78 Å². The van der Waals surface area contributed by atoms with Gasteiger partial charge in [-0.2, -0.15) is 0 Å². The topological polar surface area (TPSA) is 9.23 Å². The highest BCUT2D eigenvalue weighted by Gasteiger charge is 2.12. The van der Waals surface area contributed by atoms with Gasteiger partial charge in [0.1, 0.15) is 0 Å². The van der Waals surface area contributed by atoms with Crippen molar-refractivity contribution in [1.82, 2.24) is 0 Å². The van der Waals surface area contributed by atoms with Crippen molar-refractivity contribution in [2.45, 2.75) is 0 Å². The zero-order valence-corrected chi connectivity index (χ0v) is 8.78. The predicted octanol–water partition coefficient (Wildman–Crippen LogP) is 3.70. The van der Waals surface area contributed by atoms with Crippen molar-refractivity contribution in [2.75, 3.05) is 7.11 Å². The predicted molar refractivity (Wildman–Crippen MR) is 56.2 cm³/mol. The van der Waals surface area contributed by atoms with E-state index in [1.165, 1.54) is 30.6 Å². The first-order valence-electron chi connectivity index (χ1n) is 4.29. The SMILES string of the molecule is COc1c(F)cc(-c2cccs2)cc1F. The van der Waals surface area contributed by atoms with E-state index in [0.717, 1.165) is 4.88 Å². The molecule has 0 saturated carbocycles. The molecule has 0 fully saturated rings. The molecule has 1 heterocycles. The summed E-state index contributed by atoms with van der Waals surface area (Å²) in [6, 6.07) is 6.19. The Morgan fingerprint density at radius 1 is 1.20 bits per heavy atom. The number of halogens is 2. The Labute approximate surface area is 89.9 Å². The number of methoxy groups -OCH3 is 1. The first kappa shape index (κ1) is 10.1. The molecule has 1 aromatic heterocycles. The van der Waals surface area contributed by atoms with Crippen molar-refractivity contribution in [3.63, 3.8) is 0 Å². The van der Waals surface area contributed by atoms with Gasteiger partial charge in [0.15, 0.2) is 17.4 Å². The minimum atomic E-state index is -0.680. The third-order valence-corrected chi connectivity index (χ3v) is 2.93. The standard InChI is InChI=1S/C11H8F2OS/c1-14-11-8(12)5-7(6-9(11)13)10-3-2-4-15-10/h2-6H,1H3. The molecule has 1 nitrogen and oxygen atoms in total. The molecule has 2 rings (SSSR count). The van der Waals surface area contributed by atoms with Crippen molar-refractivity contribution in [3.05, 3.63) is 41.3 Å². The Bertz CT molecular complexity index is 442. The fourth-order valence-corrected chi connectivity index (χ4v) is 2.05. The molecule has 0 unspecified atom stereocenters. The summed E-state index contributed by atoms with van der Waals surface area (Å²) in [5, 5.41) is 1.86. The zero-order chi connectivity index (χ0) is 10.8. The summed E-state index contributed by atoms with van der Waals surface area (Å²) >= 11 is 1.43. The monoisotopic (exact) mass is 226 g/mol. The van der Waals surface area contributed by atoms with E-state index in [4.69, 9.17) is 0 Å². The van der Waals surface area contributed by atoms with Gasteiger partial charge in [-0.05, 0) is 29.1 Å². The molecule has 0 saturated heterocycles. The van der Waals surface area contributed by atoms with E-state index in [-0.39, 0.29) is 5.75 Å². The van der Waals surface area contributed by atoms with E-state index in [0.29, 0.717) is 5.56 Å². The Morgan fingerprint density at radius 2 is 1.87 bits per heavy atom. The lowest BCUT2D eigenvalue weighted by Crippen LogP contribution is -1.93. The summed E-state index contributed by atoms with van der Waals surface area (Å²) in [5.74, 6) is -1.70. The van der Waals surface area contributed by atoms with Gasteiger partial charge >= 0.3 is 0 Å². The van der Waals surface area contributed by atoms with Crippen LogP contribution in [0, 0.1) is 11.6 Å². The van der Waals surface area contributed by atoms with Crippen LogP contribution in [0.15, 0.2) is 29.6 Å². The highest BCUT2D eigenvalue weighted by Crippen LogP contribution is 2.30. The quantitative estimate of drug-likeness (QED) is 0.758. The molecule has 0 aliphatic rings. The van der Waals surface area contributed by atoms with Crippen LogP contribution < -0.4 is 4.74 Å². The van der Waals surface area contributed by atoms with E-state index < -0.39 is 11.6 Å². The van der Waals surface area contributed by atoms with Gasteiger partial charge in [-0.1, -0.05) is 6.07 Å². The molecule has 0 N–H and O–H groups in total. The second kappa shape index (κ2) is 3.98. The van der Waals surface area contributed by atoms with Crippen LogP contribution in [-0.4, -0.2) is 7.11 Å². The average molecular weight is 226 g/mol. The fraction of sp³-hybridized carbons (Fsp3) is 0.0909. The third-order valence-electron chi connectivity index (χ3n) is 2.01. The second-order valence-corrected chi connectivity index (χ2v) is 3.90. The number of ether oxygens (including phenoxy) is 1. The molecule has 0 bridgehead atoms. The minimum absolute atomic E-state index is 0.338. The number of thiophene rings is 1. The molecule has 1 aromatic carbocycles. The van der Waals surface area contributed by atoms with Gasteiger partial charge in [0.2, 0.25) is 0 Å². The number of benzene rings is 1. The maximum atomic E-state index is 13.3. The van der Waals surface area contributed by atoms with Gasteiger partial charge in [0.05, 0.1) is 7.11 Å². The molecule has 2 aromatic rings. The number of hydrogen-bond acceptors (Lipinski definition) is 2. The molecule has 0 amide bonds. The number of rotatable bonds is 2. The lowest BCUT2D eigenvalue weighted by Gasteiger charge is -2.05. The van der Waals surface area contributed by atoms with E-state index >= 15 is 0 Å². The summed E-state index contributed by atoms with van der Waals surface area (Å²) in [6.07, 6.45) is 0. The third kappa shape index (κ3) is 1.85. The molecule has 0 atom stereocenters. The first-order chi connectivity index (χ1) is 7.22. The average Bonchev–Trinajstić information content (AvgIpc) is 2.69. The van der Waals surface area contributed by atoms with Crippen LogP contribution in [0.2, 0.25) is 0 Å².